The molecule has 17 heavy (non-hydrogen) atoms. The zero-order valence-corrected chi connectivity index (χ0v) is 9.51. The number of aromatic nitrogens is 1. The van der Waals surface area contributed by atoms with Crippen molar-refractivity contribution < 1.29 is 19.1 Å². The summed E-state index contributed by atoms with van der Waals surface area (Å²) < 4.78 is 10.1. The summed E-state index contributed by atoms with van der Waals surface area (Å²) in [5.74, 6) is -0.999. The zero-order valence-electron chi connectivity index (χ0n) is 9.51. The third-order valence-electron chi connectivity index (χ3n) is 2.54. The maximum absolute atomic E-state index is 11.7. The van der Waals surface area contributed by atoms with Gasteiger partial charge in [0, 0.05) is 25.2 Å². The molecule has 1 aliphatic rings. The van der Waals surface area contributed by atoms with Gasteiger partial charge in [0.25, 0.3) is 0 Å². The number of ether oxygens (including phenoxy) is 2. The average molecular weight is 235 g/mol. The molecule has 0 aromatic carbocycles. The molecule has 1 saturated carbocycles. The van der Waals surface area contributed by atoms with Crippen LogP contribution in [0.15, 0.2) is 24.5 Å². The largest absolute Gasteiger partial charge is 0.463 e. The second-order valence-corrected chi connectivity index (χ2v) is 3.85. The molecule has 1 heterocycles. The van der Waals surface area contributed by atoms with Crippen LogP contribution >= 0.6 is 0 Å². The van der Waals surface area contributed by atoms with Gasteiger partial charge in [0.1, 0.15) is 0 Å². The number of hydrogen-bond donors (Lipinski definition) is 0. The van der Waals surface area contributed by atoms with Crippen molar-refractivity contribution in [1.82, 2.24) is 4.98 Å². The van der Waals surface area contributed by atoms with Crippen LogP contribution in [0, 0.1) is 0 Å². The van der Waals surface area contributed by atoms with E-state index < -0.39 is 17.5 Å². The minimum atomic E-state index is -1.05. The van der Waals surface area contributed by atoms with Gasteiger partial charge in [-0.3, -0.25) is 4.98 Å². The minimum absolute atomic E-state index is 0.283. The van der Waals surface area contributed by atoms with E-state index in [-0.39, 0.29) is 6.61 Å². The van der Waals surface area contributed by atoms with Gasteiger partial charge in [-0.25, -0.2) is 9.59 Å². The topological polar surface area (TPSA) is 65.5 Å². The van der Waals surface area contributed by atoms with E-state index in [0.717, 1.165) is 0 Å². The molecule has 0 aliphatic heterocycles. The summed E-state index contributed by atoms with van der Waals surface area (Å²) in [6, 6.07) is 3.23. The molecule has 5 heteroatoms. The van der Waals surface area contributed by atoms with Gasteiger partial charge in [-0.1, -0.05) is 0 Å². The molecule has 0 unspecified atom stereocenters. The molecule has 2 rings (SSSR count). The van der Waals surface area contributed by atoms with Gasteiger partial charge in [-0.2, -0.15) is 0 Å². The number of carbonyl (C=O) groups is 2. The molecule has 0 spiro atoms. The normalized spacial score (nSPS) is 16.1. The summed E-state index contributed by atoms with van der Waals surface area (Å²) >= 11 is 0. The molecule has 1 aromatic rings. The fourth-order valence-electron chi connectivity index (χ4n) is 1.44. The molecule has 5 nitrogen and oxygen atoms in total. The lowest BCUT2D eigenvalue weighted by Crippen LogP contribution is -2.31. The van der Waals surface area contributed by atoms with Gasteiger partial charge in [-0.15, -0.1) is 0 Å². The second kappa shape index (κ2) is 4.53. The molecule has 0 N–H and O–H groups in total. The third-order valence-corrected chi connectivity index (χ3v) is 2.54. The van der Waals surface area contributed by atoms with Crippen molar-refractivity contribution in [3.05, 3.63) is 30.1 Å². The zero-order chi connectivity index (χ0) is 12.3. The van der Waals surface area contributed by atoms with Crippen molar-refractivity contribution in [3.8, 4) is 0 Å². The fourth-order valence-corrected chi connectivity index (χ4v) is 1.44. The van der Waals surface area contributed by atoms with Crippen molar-refractivity contribution in [2.24, 2.45) is 0 Å². The molecule has 0 bridgehead atoms. The summed E-state index contributed by atoms with van der Waals surface area (Å²) in [4.78, 5) is 27.1. The van der Waals surface area contributed by atoms with Crippen LogP contribution in [0.25, 0.3) is 0 Å². The highest BCUT2D eigenvalue weighted by Gasteiger charge is 2.55. The Kier molecular flexibility index (Phi) is 3.08. The first-order valence-electron chi connectivity index (χ1n) is 5.48. The van der Waals surface area contributed by atoms with Gasteiger partial charge in [0.05, 0.1) is 12.2 Å². The van der Waals surface area contributed by atoms with Gasteiger partial charge in [0.15, 0.2) is 0 Å². The highest BCUT2D eigenvalue weighted by atomic mass is 16.6. The molecule has 1 aliphatic carbocycles. The lowest BCUT2D eigenvalue weighted by Gasteiger charge is -2.14. The van der Waals surface area contributed by atoms with Gasteiger partial charge >= 0.3 is 11.9 Å². The predicted octanol–water partition coefficient (Wildman–Crippen LogP) is 1.33. The monoisotopic (exact) mass is 235 g/mol. The summed E-state index contributed by atoms with van der Waals surface area (Å²) in [7, 11) is 0. The Bertz CT molecular complexity index is 425. The second-order valence-electron chi connectivity index (χ2n) is 3.85. The number of rotatable bonds is 4. The van der Waals surface area contributed by atoms with E-state index in [4.69, 9.17) is 9.47 Å². The van der Waals surface area contributed by atoms with Crippen molar-refractivity contribution in [3.63, 3.8) is 0 Å². The number of esters is 2. The lowest BCUT2D eigenvalue weighted by atomic mass is 10.3. The molecule has 0 amide bonds. The van der Waals surface area contributed by atoms with Crippen LogP contribution < -0.4 is 0 Å². The van der Waals surface area contributed by atoms with Crippen molar-refractivity contribution in [1.29, 1.82) is 0 Å². The summed E-state index contributed by atoms with van der Waals surface area (Å²) in [5.41, 5.74) is -0.716. The Balaban J connectivity index is 2.02. The average Bonchev–Trinajstić information content (AvgIpc) is 3.11. The molecule has 90 valence electrons. The maximum Gasteiger partial charge on any atom is 0.350 e. The van der Waals surface area contributed by atoms with Crippen LogP contribution in [0.5, 0.6) is 0 Å². The summed E-state index contributed by atoms with van der Waals surface area (Å²) in [5, 5.41) is 0. The minimum Gasteiger partial charge on any atom is -0.463 e. The predicted molar refractivity (Wildman–Crippen MR) is 58.3 cm³/mol. The number of nitrogens with zero attached hydrogens (tertiary/aromatic N) is 1. The number of hydrogen-bond acceptors (Lipinski definition) is 5. The molecule has 1 fully saturated rings. The van der Waals surface area contributed by atoms with Gasteiger partial charge in [0.2, 0.25) is 5.60 Å². The number of carbonyl (C=O) groups excluding carboxylic acids is 2. The first-order valence-corrected chi connectivity index (χ1v) is 5.48. The SMILES string of the molecule is CCOC(=O)C1(OC(=O)c2cccnc2)CC1. The molecular weight excluding hydrogens is 222 g/mol. The molecule has 1 aromatic heterocycles. The van der Waals surface area contributed by atoms with E-state index in [0.29, 0.717) is 18.4 Å². The smallest absolute Gasteiger partial charge is 0.350 e. The van der Waals surface area contributed by atoms with Crippen LogP contribution in [-0.2, 0) is 14.3 Å². The van der Waals surface area contributed by atoms with E-state index in [9.17, 15) is 9.59 Å². The maximum atomic E-state index is 11.7. The fraction of sp³-hybridized carbons (Fsp3) is 0.417. The van der Waals surface area contributed by atoms with Crippen LogP contribution in [-0.4, -0.2) is 29.1 Å². The molecule has 0 atom stereocenters. The van der Waals surface area contributed by atoms with Crippen molar-refractivity contribution in [2.75, 3.05) is 6.61 Å². The van der Waals surface area contributed by atoms with E-state index in [1.165, 1.54) is 6.20 Å². The van der Waals surface area contributed by atoms with Gasteiger partial charge in [-0.05, 0) is 19.1 Å². The quantitative estimate of drug-likeness (QED) is 0.737. The van der Waals surface area contributed by atoms with Crippen molar-refractivity contribution >= 4 is 11.9 Å². The van der Waals surface area contributed by atoms with E-state index >= 15 is 0 Å². The van der Waals surface area contributed by atoms with Crippen LogP contribution in [0.3, 0.4) is 0 Å². The standard InChI is InChI=1S/C12H13NO4/c1-2-16-11(15)12(5-6-12)17-10(14)9-4-3-7-13-8-9/h3-4,7-8H,2,5-6H2,1H3. The van der Waals surface area contributed by atoms with Crippen LogP contribution in [0.4, 0.5) is 0 Å². The van der Waals surface area contributed by atoms with Crippen LogP contribution in [0.1, 0.15) is 30.1 Å². The Hall–Kier alpha value is -1.91. The van der Waals surface area contributed by atoms with E-state index in [1.54, 1.807) is 25.3 Å². The van der Waals surface area contributed by atoms with E-state index in [1.807, 2.05) is 0 Å². The van der Waals surface area contributed by atoms with Crippen LogP contribution in [0.2, 0.25) is 0 Å². The highest BCUT2D eigenvalue weighted by molar-refractivity contribution is 5.93. The first-order chi connectivity index (χ1) is 8.18. The Morgan fingerprint density at radius 3 is 2.76 bits per heavy atom. The summed E-state index contributed by atoms with van der Waals surface area (Å²) in [6.07, 6.45) is 4.02. The third kappa shape index (κ3) is 2.43. The van der Waals surface area contributed by atoms with Gasteiger partial charge < -0.3 is 9.47 Å². The Morgan fingerprint density at radius 2 is 2.24 bits per heavy atom. The van der Waals surface area contributed by atoms with E-state index in [2.05, 4.69) is 4.98 Å². The Morgan fingerprint density at radius 1 is 1.47 bits per heavy atom. The number of pyridine rings is 1. The first kappa shape index (κ1) is 11.6. The molecule has 0 radical (unpaired) electrons. The highest BCUT2D eigenvalue weighted by Crippen LogP contribution is 2.41. The lowest BCUT2D eigenvalue weighted by molar-refractivity contribution is -0.156. The summed E-state index contributed by atoms with van der Waals surface area (Å²) in [6.45, 7) is 2.00. The molecule has 0 saturated heterocycles. The molecular formula is C12H13NO4. The van der Waals surface area contributed by atoms with Crippen molar-refractivity contribution in [2.45, 2.75) is 25.4 Å². The Labute approximate surface area is 98.7 Å².